The van der Waals surface area contributed by atoms with E-state index in [0.717, 1.165) is 24.6 Å². The molecule has 7 nitrogen and oxygen atoms in total. The Bertz CT molecular complexity index is 944. The number of nitrogens with one attached hydrogen (secondary N) is 1. The summed E-state index contributed by atoms with van der Waals surface area (Å²) in [5, 5.41) is 3.66. The fourth-order valence-corrected chi connectivity index (χ4v) is 2.86. The van der Waals surface area contributed by atoms with Gasteiger partial charge in [0.25, 0.3) is 5.56 Å². The first kappa shape index (κ1) is 17.2. The molecule has 0 saturated heterocycles. The van der Waals surface area contributed by atoms with Gasteiger partial charge in [-0.05, 0) is 18.6 Å². The first-order valence-electron chi connectivity index (χ1n) is 8.50. The minimum atomic E-state index is -0.366. The lowest BCUT2D eigenvalue weighted by Gasteiger charge is -2.16. The third-order valence-electron chi connectivity index (χ3n) is 4.22. The zero-order chi connectivity index (χ0) is 17.8. The molecule has 0 bridgehead atoms. The highest BCUT2D eigenvalue weighted by atomic mass is 16.3. The van der Waals surface area contributed by atoms with Crippen LogP contribution in [0.1, 0.15) is 26.2 Å². The maximum Gasteiger partial charge on any atom is 0.297 e. The lowest BCUT2D eigenvalue weighted by Crippen LogP contribution is -2.42. The number of fused-ring (bicyclic) bond motifs is 3. The lowest BCUT2D eigenvalue weighted by atomic mass is 10.1. The van der Waals surface area contributed by atoms with Gasteiger partial charge in [0.1, 0.15) is 17.6 Å². The molecular weight excluding hydrogens is 320 g/mol. The molecule has 2 heterocycles. The van der Waals surface area contributed by atoms with E-state index in [4.69, 9.17) is 10.2 Å². The summed E-state index contributed by atoms with van der Waals surface area (Å²) >= 11 is 0. The molecule has 1 amide bonds. The van der Waals surface area contributed by atoms with E-state index < -0.39 is 0 Å². The predicted octanol–water partition coefficient (Wildman–Crippen LogP) is 1.78. The van der Waals surface area contributed by atoms with Crippen LogP contribution in [0.2, 0.25) is 0 Å². The monoisotopic (exact) mass is 342 g/mol. The number of carbonyl (C=O) groups excluding carboxylic acids is 1. The Hall–Kier alpha value is -2.67. The Labute approximate surface area is 144 Å². The number of hydrogen-bond donors (Lipinski definition) is 2. The third kappa shape index (κ3) is 3.56. The summed E-state index contributed by atoms with van der Waals surface area (Å²) in [6, 6.07) is 7.25. The molecule has 2 aromatic heterocycles. The predicted molar refractivity (Wildman–Crippen MR) is 96.3 cm³/mol. The maximum atomic E-state index is 12.6. The number of benzene rings is 1. The van der Waals surface area contributed by atoms with E-state index in [1.165, 1.54) is 10.9 Å². The molecule has 3 N–H and O–H groups in total. The summed E-state index contributed by atoms with van der Waals surface area (Å²) < 4.78 is 6.87. The summed E-state index contributed by atoms with van der Waals surface area (Å²) in [6.07, 6.45) is 4.25. The number of rotatable bonds is 7. The maximum absolute atomic E-state index is 12.6. The van der Waals surface area contributed by atoms with E-state index in [1.54, 1.807) is 6.07 Å². The number of unbranched alkanes of at least 4 members (excludes halogenated alkanes) is 1. The van der Waals surface area contributed by atoms with Crippen LogP contribution in [0.5, 0.6) is 0 Å². The summed E-state index contributed by atoms with van der Waals surface area (Å²) in [7, 11) is 0. The van der Waals surface area contributed by atoms with Gasteiger partial charge in [-0.2, -0.15) is 0 Å². The van der Waals surface area contributed by atoms with Crippen molar-refractivity contribution in [1.29, 1.82) is 0 Å². The van der Waals surface area contributed by atoms with Crippen LogP contribution >= 0.6 is 0 Å². The zero-order valence-corrected chi connectivity index (χ0v) is 14.2. The van der Waals surface area contributed by atoms with Crippen molar-refractivity contribution in [3.8, 4) is 0 Å². The van der Waals surface area contributed by atoms with Crippen LogP contribution in [0.25, 0.3) is 22.1 Å². The fraction of sp³-hybridized carbons (Fsp3) is 0.389. The minimum absolute atomic E-state index is 0.0777. The normalized spacial score (nSPS) is 12.6. The Balaban J connectivity index is 1.82. The van der Waals surface area contributed by atoms with Crippen molar-refractivity contribution in [2.45, 2.75) is 38.8 Å². The molecule has 7 heteroatoms. The topological polar surface area (TPSA) is 103 Å². The Morgan fingerprint density at radius 1 is 1.40 bits per heavy atom. The van der Waals surface area contributed by atoms with Gasteiger partial charge in [-0.25, -0.2) is 4.98 Å². The van der Waals surface area contributed by atoms with Crippen LogP contribution in [-0.4, -0.2) is 28.0 Å². The second-order valence-corrected chi connectivity index (χ2v) is 6.10. The van der Waals surface area contributed by atoms with Crippen LogP contribution in [0, 0.1) is 0 Å². The number of amides is 1. The average molecular weight is 342 g/mol. The summed E-state index contributed by atoms with van der Waals surface area (Å²) in [4.78, 5) is 29.1. The van der Waals surface area contributed by atoms with Crippen LogP contribution in [0.3, 0.4) is 0 Å². The van der Waals surface area contributed by atoms with E-state index in [9.17, 15) is 9.59 Å². The van der Waals surface area contributed by atoms with E-state index in [0.29, 0.717) is 17.6 Å². The van der Waals surface area contributed by atoms with Crippen molar-refractivity contribution in [1.82, 2.24) is 14.9 Å². The number of hydrogen-bond acceptors (Lipinski definition) is 5. The summed E-state index contributed by atoms with van der Waals surface area (Å²) in [5.41, 5.74) is 6.61. The van der Waals surface area contributed by atoms with Gasteiger partial charge in [-0.3, -0.25) is 14.2 Å². The number of para-hydroxylation sites is 1. The number of furan rings is 1. The van der Waals surface area contributed by atoms with Gasteiger partial charge in [0.05, 0.1) is 6.33 Å². The smallest absolute Gasteiger partial charge is 0.297 e. The lowest BCUT2D eigenvalue weighted by molar-refractivity contribution is -0.122. The van der Waals surface area contributed by atoms with Crippen molar-refractivity contribution in [3.63, 3.8) is 0 Å². The molecule has 0 aliphatic rings. The van der Waals surface area contributed by atoms with Gasteiger partial charge in [-0.15, -0.1) is 0 Å². The van der Waals surface area contributed by atoms with Crippen LogP contribution < -0.4 is 16.6 Å². The second-order valence-electron chi connectivity index (χ2n) is 6.10. The molecule has 0 radical (unpaired) electrons. The van der Waals surface area contributed by atoms with E-state index >= 15 is 0 Å². The SMILES string of the molecule is CCCCC(CN)NC(=O)Cn1cnc2c(oc3ccccc32)c1=O. The first-order chi connectivity index (χ1) is 12.1. The minimum Gasteiger partial charge on any atom is -0.448 e. The largest absolute Gasteiger partial charge is 0.448 e. The first-order valence-corrected chi connectivity index (χ1v) is 8.50. The highest BCUT2D eigenvalue weighted by Gasteiger charge is 2.16. The molecule has 0 saturated carbocycles. The summed E-state index contributed by atoms with van der Waals surface area (Å²) in [6.45, 7) is 2.35. The quantitative estimate of drug-likeness (QED) is 0.681. The van der Waals surface area contributed by atoms with Crippen molar-refractivity contribution in [2.24, 2.45) is 5.73 Å². The zero-order valence-electron chi connectivity index (χ0n) is 14.2. The van der Waals surface area contributed by atoms with Crippen molar-refractivity contribution in [3.05, 3.63) is 40.9 Å². The molecule has 3 aromatic rings. The molecule has 1 unspecified atom stereocenters. The van der Waals surface area contributed by atoms with Crippen molar-refractivity contribution >= 4 is 28.0 Å². The molecule has 0 aliphatic heterocycles. The van der Waals surface area contributed by atoms with E-state index in [2.05, 4.69) is 17.2 Å². The number of carbonyl (C=O) groups is 1. The molecule has 3 rings (SSSR count). The van der Waals surface area contributed by atoms with E-state index in [-0.39, 0.29) is 29.6 Å². The molecule has 1 aromatic carbocycles. The standard InChI is InChI=1S/C18H22N4O3/c1-2-3-6-12(9-19)21-15(23)10-22-11-20-16-13-7-4-5-8-14(13)25-17(16)18(22)24/h4-5,7-8,11-12H,2-3,6,9-10,19H2,1H3,(H,21,23). The highest BCUT2D eigenvalue weighted by molar-refractivity contribution is 6.01. The molecule has 25 heavy (non-hydrogen) atoms. The van der Waals surface area contributed by atoms with Crippen molar-refractivity contribution in [2.75, 3.05) is 6.54 Å². The third-order valence-corrected chi connectivity index (χ3v) is 4.22. The molecule has 1 atom stereocenters. The molecule has 0 spiro atoms. The molecular formula is C18H22N4O3. The van der Waals surface area contributed by atoms with Gasteiger partial charge >= 0.3 is 0 Å². The molecule has 0 fully saturated rings. The Morgan fingerprint density at radius 3 is 2.96 bits per heavy atom. The number of nitrogens with two attached hydrogens (primary N) is 1. The Kier molecular flexibility index (Phi) is 5.14. The van der Waals surface area contributed by atoms with Gasteiger partial charge < -0.3 is 15.5 Å². The number of nitrogens with zero attached hydrogens (tertiary/aromatic N) is 2. The van der Waals surface area contributed by atoms with Gasteiger partial charge in [-0.1, -0.05) is 31.9 Å². The number of aromatic nitrogens is 2. The average Bonchev–Trinajstić information content (AvgIpc) is 3.00. The summed E-state index contributed by atoms with van der Waals surface area (Å²) in [5.74, 6) is -0.258. The van der Waals surface area contributed by atoms with Gasteiger partial charge in [0, 0.05) is 18.0 Å². The highest BCUT2D eigenvalue weighted by Crippen LogP contribution is 2.23. The molecule has 132 valence electrons. The second kappa shape index (κ2) is 7.48. The van der Waals surface area contributed by atoms with Gasteiger partial charge in [0.2, 0.25) is 11.5 Å². The van der Waals surface area contributed by atoms with Crippen LogP contribution in [0.15, 0.2) is 39.8 Å². The van der Waals surface area contributed by atoms with Crippen LogP contribution in [-0.2, 0) is 11.3 Å². The fourth-order valence-electron chi connectivity index (χ4n) is 2.86. The van der Waals surface area contributed by atoms with Crippen LogP contribution in [0.4, 0.5) is 0 Å². The van der Waals surface area contributed by atoms with Gasteiger partial charge in [0.15, 0.2) is 0 Å². The van der Waals surface area contributed by atoms with E-state index in [1.807, 2.05) is 18.2 Å². The molecule has 0 aliphatic carbocycles. The Morgan fingerprint density at radius 2 is 2.20 bits per heavy atom. The van der Waals surface area contributed by atoms with Crippen molar-refractivity contribution < 1.29 is 9.21 Å².